The highest BCUT2D eigenvalue weighted by atomic mass is 16.7. The maximum Gasteiger partial charge on any atom is 0.412 e. The third-order valence-corrected chi connectivity index (χ3v) is 5.66. The minimum atomic E-state index is -1.01. The molecule has 4 rings (SSSR count). The van der Waals surface area contributed by atoms with E-state index in [4.69, 9.17) is 19.3 Å². The van der Waals surface area contributed by atoms with E-state index < -0.39 is 18.2 Å². The fourth-order valence-corrected chi connectivity index (χ4v) is 3.97. The number of nitrogens with one attached hydrogen (secondary N) is 1. The number of hydrogen-bond donors (Lipinski definition) is 3. The molecule has 8 heteroatoms. The van der Waals surface area contributed by atoms with Crippen LogP contribution in [0.5, 0.6) is 17.2 Å². The topological polar surface area (TPSA) is 114 Å². The third-order valence-electron chi connectivity index (χ3n) is 5.66. The molecular weight excluding hydrogens is 438 g/mol. The summed E-state index contributed by atoms with van der Waals surface area (Å²) in [5, 5.41) is 23.3. The number of allylic oxidation sites excluding steroid dienone is 1. The maximum absolute atomic E-state index is 12.9. The number of aromatic hydroxyl groups is 1. The molecule has 3 aromatic rings. The Balaban J connectivity index is 1.58. The normalized spacial score (nSPS) is 14.1. The molecule has 3 N–H and O–H groups in total. The summed E-state index contributed by atoms with van der Waals surface area (Å²) in [5.74, 6) is 0.134. The van der Waals surface area contributed by atoms with E-state index in [2.05, 4.69) is 5.32 Å². The Kier molecular flexibility index (Phi) is 6.87. The van der Waals surface area contributed by atoms with Gasteiger partial charge in [0.25, 0.3) is 0 Å². The minimum Gasteiger partial charge on any atom is -0.507 e. The van der Waals surface area contributed by atoms with Gasteiger partial charge in [-0.25, -0.2) is 9.59 Å². The van der Waals surface area contributed by atoms with Gasteiger partial charge in [-0.15, -0.1) is 0 Å². The summed E-state index contributed by atoms with van der Waals surface area (Å²) in [6.07, 6.45) is 2.49. The molecule has 0 aliphatic carbocycles. The molecule has 1 heterocycles. The van der Waals surface area contributed by atoms with E-state index in [1.807, 2.05) is 25.1 Å². The lowest BCUT2D eigenvalue weighted by atomic mass is 9.89. The number of phenolic OH excluding ortho intramolecular Hbond substituents is 1. The Morgan fingerprint density at radius 2 is 1.85 bits per heavy atom. The smallest absolute Gasteiger partial charge is 0.412 e. The number of rotatable bonds is 8. The van der Waals surface area contributed by atoms with Crippen LogP contribution in [0.1, 0.15) is 31.4 Å². The molecule has 0 aromatic heterocycles. The number of amides is 1. The fraction of sp³-hybridized carbons (Fsp3) is 0.231. The number of phenols is 1. The molecule has 0 saturated heterocycles. The first-order valence-corrected chi connectivity index (χ1v) is 10.9. The first-order chi connectivity index (χ1) is 16.4. The number of anilines is 1. The number of benzene rings is 3. The second-order valence-electron chi connectivity index (χ2n) is 8.03. The Bertz CT molecular complexity index is 1240. The van der Waals surface area contributed by atoms with Crippen molar-refractivity contribution >= 4 is 28.5 Å². The van der Waals surface area contributed by atoms with Crippen LogP contribution >= 0.6 is 0 Å². The van der Waals surface area contributed by atoms with E-state index in [0.717, 1.165) is 17.0 Å². The number of carbonyl (C=O) groups is 2. The lowest BCUT2D eigenvalue weighted by Crippen LogP contribution is -2.22. The number of ether oxygens (including phenoxy) is 3. The Labute approximate surface area is 196 Å². The number of hydrogen-bond acceptors (Lipinski definition) is 6. The van der Waals surface area contributed by atoms with Crippen LogP contribution in [-0.4, -0.2) is 29.1 Å². The monoisotopic (exact) mass is 463 g/mol. The molecule has 3 aromatic carbocycles. The van der Waals surface area contributed by atoms with Gasteiger partial charge in [-0.2, -0.15) is 0 Å². The summed E-state index contributed by atoms with van der Waals surface area (Å²) in [6.45, 7) is 2.07. The molecule has 0 fully saturated rings. The maximum atomic E-state index is 12.9. The SMILES string of the molecule is C[C@H](CC/C=C/C(=O)O)[C@H](OC(=O)Nc1ccc2c(c1)OCO2)c1ccc(O)c2ccccc12. The van der Waals surface area contributed by atoms with Gasteiger partial charge in [0.15, 0.2) is 11.5 Å². The van der Waals surface area contributed by atoms with Crippen molar-refractivity contribution in [3.05, 3.63) is 72.3 Å². The number of fused-ring (bicyclic) bond motifs is 2. The summed E-state index contributed by atoms with van der Waals surface area (Å²) in [5.41, 5.74) is 1.25. The summed E-state index contributed by atoms with van der Waals surface area (Å²) in [6, 6.07) is 15.8. The van der Waals surface area contributed by atoms with Crippen molar-refractivity contribution in [2.75, 3.05) is 12.1 Å². The van der Waals surface area contributed by atoms with Gasteiger partial charge >= 0.3 is 12.1 Å². The highest BCUT2D eigenvalue weighted by Crippen LogP contribution is 2.38. The van der Waals surface area contributed by atoms with Gasteiger partial charge in [0.1, 0.15) is 11.9 Å². The molecule has 0 saturated carbocycles. The van der Waals surface area contributed by atoms with Gasteiger partial charge in [0, 0.05) is 28.8 Å². The summed E-state index contributed by atoms with van der Waals surface area (Å²) < 4.78 is 16.6. The molecule has 1 aliphatic heterocycles. The summed E-state index contributed by atoms with van der Waals surface area (Å²) >= 11 is 0. The van der Waals surface area contributed by atoms with Gasteiger partial charge in [-0.05, 0) is 42.3 Å². The standard InChI is InChI=1S/C26H25NO7/c1-16(6-2-5-9-24(29)30)25(20-11-12-21(28)19-8-4-3-7-18(19)20)34-26(31)27-17-10-13-22-23(14-17)33-15-32-22/h3-5,7-14,16,25,28H,2,6,15H2,1H3,(H,27,31)(H,29,30)/b9-5+/t16-,25+/m1/s1. The average molecular weight is 463 g/mol. The van der Waals surface area contributed by atoms with E-state index in [-0.39, 0.29) is 18.5 Å². The van der Waals surface area contributed by atoms with Crippen molar-refractivity contribution in [3.63, 3.8) is 0 Å². The van der Waals surface area contributed by atoms with Crippen LogP contribution in [0.25, 0.3) is 10.8 Å². The first kappa shape index (κ1) is 23.0. The van der Waals surface area contributed by atoms with Crippen LogP contribution in [0.3, 0.4) is 0 Å². The Morgan fingerprint density at radius 3 is 2.65 bits per heavy atom. The van der Waals surface area contributed by atoms with Crippen molar-refractivity contribution in [2.45, 2.75) is 25.9 Å². The molecular formula is C26H25NO7. The predicted octanol–water partition coefficient (Wildman–Crippen LogP) is 5.62. The highest BCUT2D eigenvalue weighted by molar-refractivity contribution is 5.91. The molecule has 0 radical (unpaired) electrons. The molecule has 1 amide bonds. The Morgan fingerprint density at radius 1 is 1.09 bits per heavy atom. The van der Waals surface area contributed by atoms with Gasteiger partial charge < -0.3 is 24.4 Å². The Hall–Kier alpha value is -4.20. The molecule has 176 valence electrons. The van der Waals surface area contributed by atoms with Crippen molar-refractivity contribution < 1.29 is 34.0 Å². The van der Waals surface area contributed by atoms with Crippen LogP contribution in [0, 0.1) is 5.92 Å². The molecule has 0 bridgehead atoms. The first-order valence-electron chi connectivity index (χ1n) is 10.9. The van der Waals surface area contributed by atoms with E-state index >= 15 is 0 Å². The van der Waals surface area contributed by atoms with Gasteiger partial charge in [0.05, 0.1) is 0 Å². The minimum absolute atomic E-state index is 0.132. The number of carboxylic acids is 1. The van der Waals surface area contributed by atoms with Gasteiger partial charge in [-0.3, -0.25) is 5.32 Å². The van der Waals surface area contributed by atoms with Crippen LogP contribution in [-0.2, 0) is 9.53 Å². The van der Waals surface area contributed by atoms with Crippen LogP contribution < -0.4 is 14.8 Å². The highest BCUT2D eigenvalue weighted by Gasteiger charge is 2.26. The van der Waals surface area contributed by atoms with Crippen molar-refractivity contribution in [3.8, 4) is 17.2 Å². The zero-order chi connectivity index (χ0) is 24.1. The van der Waals surface area contributed by atoms with Crippen LogP contribution in [0.4, 0.5) is 10.5 Å². The van der Waals surface area contributed by atoms with E-state index in [9.17, 15) is 14.7 Å². The predicted molar refractivity (Wildman–Crippen MR) is 126 cm³/mol. The van der Waals surface area contributed by atoms with Crippen molar-refractivity contribution in [1.82, 2.24) is 0 Å². The van der Waals surface area contributed by atoms with Crippen molar-refractivity contribution in [1.29, 1.82) is 0 Å². The van der Waals surface area contributed by atoms with Crippen LogP contribution in [0.2, 0.25) is 0 Å². The fourth-order valence-electron chi connectivity index (χ4n) is 3.97. The van der Waals surface area contributed by atoms with Gasteiger partial charge in [0.2, 0.25) is 6.79 Å². The zero-order valence-electron chi connectivity index (χ0n) is 18.6. The zero-order valence-corrected chi connectivity index (χ0v) is 18.6. The van der Waals surface area contributed by atoms with Crippen LogP contribution in [0.15, 0.2) is 66.7 Å². The quantitative estimate of drug-likeness (QED) is 0.371. The lowest BCUT2D eigenvalue weighted by molar-refractivity contribution is -0.131. The molecule has 34 heavy (non-hydrogen) atoms. The third kappa shape index (κ3) is 5.23. The molecule has 1 aliphatic rings. The van der Waals surface area contributed by atoms with Gasteiger partial charge in [-0.1, -0.05) is 43.3 Å². The van der Waals surface area contributed by atoms with E-state index in [1.165, 1.54) is 0 Å². The van der Waals surface area contributed by atoms with Crippen molar-refractivity contribution in [2.24, 2.45) is 5.92 Å². The summed E-state index contributed by atoms with van der Waals surface area (Å²) in [4.78, 5) is 23.6. The second-order valence-corrected chi connectivity index (χ2v) is 8.03. The molecule has 0 unspecified atom stereocenters. The average Bonchev–Trinajstić information content (AvgIpc) is 3.29. The molecule has 0 spiro atoms. The second kappa shape index (κ2) is 10.2. The molecule has 8 nitrogen and oxygen atoms in total. The lowest BCUT2D eigenvalue weighted by Gasteiger charge is -2.26. The van der Waals surface area contributed by atoms with E-state index in [0.29, 0.717) is 35.4 Å². The largest absolute Gasteiger partial charge is 0.507 e. The molecule has 2 atom stereocenters. The number of carbonyl (C=O) groups excluding carboxylic acids is 1. The number of carboxylic acid groups (broad SMARTS) is 1. The van der Waals surface area contributed by atoms with E-state index in [1.54, 1.807) is 42.5 Å². The summed E-state index contributed by atoms with van der Waals surface area (Å²) in [7, 11) is 0. The number of aliphatic carboxylic acids is 1.